The Bertz CT molecular complexity index is 434. The molecular formula is C40H86ClNO2. The molecule has 3 nitrogen and oxygen atoms in total. The van der Waals surface area contributed by atoms with Crippen LogP contribution in [0.1, 0.15) is 219 Å². The number of unbranched alkanes of at least 4 members (excludes halogenated alkanes) is 29. The van der Waals surface area contributed by atoms with Crippen molar-refractivity contribution in [2.75, 3.05) is 40.4 Å². The quantitative estimate of drug-likeness (QED) is 0.0531. The minimum absolute atomic E-state index is 0. The third-order valence-corrected chi connectivity index (χ3v) is 9.30. The van der Waals surface area contributed by atoms with Gasteiger partial charge in [0.1, 0.15) is 0 Å². The number of rotatable bonds is 35. The first kappa shape index (κ1) is 48.6. The third kappa shape index (κ3) is 46.6. The van der Waals surface area contributed by atoms with E-state index in [0.29, 0.717) is 0 Å². The van der Waals surface area contributed by atoms with Gasteiger partial charge in [-0.3, -0.25) is 0 Å². The van der Waals surface area contributed by atoms with Crippen molar-refractivity contribution in [2.45, 2.75) is 219 Å². The first-order valence-electron chi connectivity index (χ1n) is 20.1. The van der Waals surface area contributed by atoms with Crippen molar-refractivity contribution >= 4 is 0 Å². The second-order valence-electron chi connectivity index (χ2n) is 14.4. The fourth-order valence-electron chi connectivity index (χ4n) is 6.16. The summed E-state index contributed by atoms with van der Waals surface area (Å²) < 4.78 is 1.25. The summed E-state index contributed by atoms with van der Waals surface area (Å²) in [5.41, 5.74) is 0. The Kier molecular flexibility index (Phi) is 47.6. The maximum Gasteiger partial charge on any atom is 0.0782 e. The molecule has 4 heteroatoms. The van der Waals surface area contributed by atoms with Crippen molar-refractivity contribution < 1.29 is 27.1 Å². The molecule has 2 N–H and O–H groups in total. The van der Waals surface area contributed by atoms with Gasteiger partial charge < -0.3 is 27.1 Å². The molecule has 270 valence electrons. The standard InChI is InChI=1S/C34H72N.C6H14O2.ClH/c1-5-7-9-11-13-15-17-19-21-23-25-27-29-31-33-35(3,4)34-32-30-28-26-24-22-20-18-16-14-12-10-8-6-2;7-5-3-1-2-4-6-8;/h5-34H2,1-4H3;7-8H,1-6H2;1H/q+1;;/p-1. The van der Waals surface area contributed by atoms with Crippen molar-refractivity contribution in [2.24, 2.45) is 0 Å². The zero-order valence-corrected chi connectivity index (χ0v) is 31.9. The maximum atomic E-state index is 8.30. The van der Waals surface area contributed by atoms with E-state index >= 15 is 0 Å². The number of halogens is 1. The van der Waals surface area contributed by atoms with E-state index < -0.39 is 0 Å². The van der Waals surface area contributed by atoms with Crippen LogP contribution in [0.4, 0.5) is 0 Å². The Balaban J connectivity index is -0.00000163. The lowest BCUT2D eigenvalue weighted by Crippen LogP contribution is -3.00. The van der Waals surface area contributed by atoms with Gasteiger partial charge >= 0.3 is 0 Å². The lowest BCUT2D eigenvalue weighted by Gasteiger charge is -2.30. The molecule has 0 atom stereocenters. The van der Waals surface area contributed by atoms with E-state index in [9.17, 15) is 0 Å². The zero-order valence-electron chi connectivity index (χ0n) is 31.2. The van der Waals surface area contributed by atoms with E-state index in [0.717, 1.165) is 25.7 Å². The van der Waals surface area contributed by atoms with E-state index in [1.54, 1.807) is 0 Å². The van der Waals surface area contributed by atoms with Crippen LogP contribution in [-0.2, 0) is 0 Å². The highest BCUT2D eigenvalue weighted by atomic mass is 35.5. The Morgan fingerprint density at radius 1 is 0.295 bits per heavy atom. The van der Waals surface area contributed by atoms with Crippen molar-refractivity contribution in [3.05, 3.63) is 0 Å². The Labute approximate surface area is 286 Å². The molecule has 0 unspecified atom stereocenters. The molecule has 0 saturated carbocycles. The smallest absolute Gasteiger partial charge is 0.0782 e. The van der Waals surface area contributed by atoms with Crippen LogP contribution in [0.3, 0.4) is 0 Å². The molecule has 0 saturated heterocycles. The summed E-state index contributed by atoms with van der Waals surface area (Å²) in [5.74, 6) is 0. The highest BCUT2D eigenvalue weighted by Gasteiger charge is 2.13. The summed E-state index contributed by atoms with van der Waals surface area (Å²) in [5, 5.41) is 16.6. The van der Waals surface area contributed by atoms with Gasteiger partial charge in [-0.2, -0.15) is 0 Å². The Morgan fingerprint density at radius 3 is 0.682 bits per heavy atom. The summed E-state index contributed by atoms with van der Waals surface area (Å²) in [6.07, 6.45) is 44.8. The fraction of sp³-hybridized carbons (Fsp3) is 1.00. The molecule has 0 aromatic rings. The minimum Gasteiger partial charge on any atom is -1.00 e. The predicted molar refractivity (Wildman–Crippen MR) is 195 cm³/mol. The number of nitrogens with zero attached hydrogens (tertiary/aromatic N) is 1. The molecule has 0 amide bonds. The molecule has 44 heavy (non-hydrogen) atoms. The Morgan fingerprint density at radius 2 is 0.477 bits per heavy atom. The average molecular weight is 649 g/mol. The molecule has 0 aliphatic heterocycles. The lowest BCUT2D eigenvalue weighted by atomic mass is 10.0. The predicted octanol–water partition coefficient (Wildman–Crippen LogP) is 9.56. The topological polar surface area (TPSA) is 40.5 Å². The van der Waals surface area contributed by atoms with E-state index in [4.69, 9.17) is 10.2 Å². The Hall–Kier alpha value is 0.170. The molecule has 0 radical (unpaired) electrons. The van der Waals surface area contributed by atoms with Crippen molar-refractivity contribution in [3.63, 3.8) is 0 Å². The molecule has 0 fully saturated rings. The maximum absolute atomic E-state index is 8.30. The molecular weight excluding hydrogens is 562 g/mol. The van der Waals surface area contributed by atoms with Crippen LogP contribution in [0.5, 0.6) is 0 Å². The second-order valence-corrected chi connectivity index (χ2v) is 14.4. The number of hydrogen-bond acceptors (Lipinski definition) is 2. The highest BCUT2D eigenvalue weighted by Crippen LogP contribution is 2.16. The number of aliphatic hydroxyl groups is 2. The molecule has 0 rings (SSSR count). The molecule has 0 aliphatic rings. The number of hydrogen-bond donors (Lipinski definition) is 2. The fourth-order valence-corrected chi connectivity index (χ4v) is 6.16. The van der Waals surface area contributed by atoms with Crippen molar-refractivity contribution in [1.29, 1.82) is 0 Å². The van der Waals surface area contributed by atoms with Crippen LogP contribution in [0.15, 0.2) is 0 Å². The van der Waals surface area contributed by atoms with Crippen LogP contribution >= 0.6 is 0 Å². The molecule has 0 aliphatic carbocycles. The molecule has 0 bridgehead atoms. The third-order valence-electron chi connectivity index (χ3n) is 9.30. The summed E-state index contributed by atoms with van der Waals surface area (Å²) in [6.45, 7) is 7.95. The molecule has 0 aromatic heterocycles. The monoisotopic (exact) mass is 648 g/mol. The van der Waals surface area contributed by atoms with Crippen LogP contribution < -0.4 is 12.4 Å². The first-order chi connectivity index (χ1) is 21.0. The van der Waals surface area contributed by atoms with Crippen molar-refractivity contribution in [3.8, 4) is 0 Å². The van der Waals surface area contributed by atoms with Crippen LogP contribution in [0.25, 0.3) is 0 Å². The summed E-state index contributed by atoms with van der Waals surface area (Å²) in [7, 11) is 4.93. The van der Waals surface area contributed by atoms with E-state index in [-0.39, 0.29) is 25.6 Å². The number of quaternary nitrogens is 1. The van der Waals surface area contributed by atoms with Gasteiger partial charge in [0.05, 0.1) is 27.2 Å². The van der Waals surface area contributed by atoms with Gasteiger partial charge in [-0.05, 0) is 38.5 Å². The van der Waals surface area contributed by atoms with Gasteiger partial charge in [-0.15, -0.1) is 0 Å². The molecule has 0 aromatic carbocycles. The summed E-state index contributed by atoms with van der Waals surface area (Å²) in [4.78, 5) is 0. The van der Waals surface area contributed by atoms with Gasteiger partial charge in [0.2, 0.25) is 0 Å². The van der Waals surface area contributed by atoms with E-state index in [1.165, 1.54) is 197 Å². The highest BCUT2D eigenvalue weighted by molar-refractivity contribution is 4.51. The average Bonchev–Trinajstić information content (AvgIpc) is 3.00. The largest absolute Gasteiger partial charge is 1.00 e. The first-order valence-corrected chi connectivity index (χ1v) is 20.1. The second kappa shape index (κ2) is 43.2. The lowest BCUT2D eigenvalue weighted by molar-refractivity contribution is -0.890. The van der Waals surface area contributed by atoms with Gasteiger partial charge in [-0.1, -0.05) is 181 Å². The SMILES string of the molecule is CCCCCCCCCCCCCCCC[N+](C)(C)CCCCCCCCCCCCCCCC.OCCCCCCO.[Cl-]. The van der Waals surface area contributed by atoms with E-state index in [2.05, 4.69) is 27.9 Å². The molecule has 0 spiro atoms. The van der Waals surface area contributed by atoms with Gasteiger partial charge in [0.15, 0.2) is 0 Å². The summed E-state index contributed by atoms with van der Waals surface area (Å²) >= 11 is 0. The van der Waals surface area contributed by atoms with E-state index in [1.807, 2.05) is 0 Å². The number of aliphatic hydroxyl groups excluding tert-OH is 2. The van der Waals surface area contributed by atoms with Crippen LogP contribution in [0.2, 0.25) is 0 Å². The van der Waals surface area contributed by atoms with Crippen LogP contribution in [-0.4, -0.2) is 55.1 Å². The van der Waals surface area contributed by atoms with Gasteiger partial charge in [-0.25, -0.2) is 0 Å². The van der Waals surface area contributed by atoms with Gasteiger partial charge in [0.25, 0.3) is 0 Å². The summed E-state index contributed by atoms with van der Waals surface area (Å²) in [6, 6.07) is 0. The van der Waals surface area contributed by atoms with Gasteiger partial charge in [0, 0.05) is 13.2 Å². The zero-order chi connectivity index (χ0) is 32.0. The normalized spacial score (nSPS) is 11.3. The minimum atomic E-state index is 0. The van der Waals surface area contributed by atoms with Crippen molar-refractivity contribution in [1.82, 2.24) is 0 Å². The van der Waals surface area contributed by atoms with Crippen LogP contribution in [0, 0.1) is 0 Å². The molecule has 0 heterocycles.